The number of rotatable bonds is 2. The molecular formula is C18H25F3N4O3S. The number of carbonyl (C=O) groups excluding carboxylic acids is 1. The molecular weight excluding hydrogens is 409 g/mol. The highest BCUT2D eigenvalue weighted by molar-refractivity contribution is 7.89. The number of alkyl halides is 3. The minimum Gasteiger partial charge on any atom is -0.593 e. The van der Waals surface area contributed by atoms with E-state index < -0.39 is 29.0 Å². The molecule has 3 unspecified atom stereocenters. The van der Waals surface area contributed by atoms with Gasteiger partial charge in [-0.1, -0.05) is 0 Å². The molecule has 7 nitrogen and oxygen atoms in total. The Labute approximate surface area is 170 Å². The molecule has 1 aromatic rings. The van der Waals surface area contributed by atoms with Crippen molar-refractivity contribution in [2.45, 2.75) is 51.3 Å². The fourth-order valence-corrected chi connectivity index (χ4v) is 5.28. The first-order valence-corrected chi connectivity index (χ1v) is 10.4. The van der Waals surface area contributed by atoms with E-state index in [1.165, 1.54) is 13.8 Å². The second-order valence-corrected chi connectivity index (χ2v) is 9.97. The third-order valence-electron chi connectivity index (χ3n) is 4.97. The van der Waals surface area contributed by atoms with E-state index in [0.29, 0.717) is 26.2 Å². The molecule has 3 heterocycles. The van der Waals surface area contributed by atoms with Crippen LogP contribution in [0.4, 0.5) is 18.0 Å². The highest BCUT2D eigenvalue weighted by Crippen LogP contribution is 2.36. The lowest BCUT2D eigenvalue weighted by Gasteiger charge is -2.26. The number of aryl methyl sites for hydroxylation is 2. The van der Waals surface area contributed by atoms with Gasteiger partial charge in [-0.15, -0.1) is 4.31 Å². The van der Waals surface area contributed by atoms with Crippen LogP contribution in [0, 0.1) is 25.7 Å². The van der Waals surface area contributed by atoms with Crippen LogP contribution in [0.1, 0.15) is 38.0 Å². The van der Waals surface area contributed by atoms with Gasteiger partial charge < -0.3 is 14.2 Å². The van der Waals surface area contributed by atoms with E-state index in [2.05, 4.69) is 9.97 Å². The second kappa shape index (κ2) is 7.59. The second-order valence-electron chi connectivity index (χ2n) is 8.55. The molecule has 1 aromatic heterocycles. The van der Waals surface area contributed by atoms with E-state index in [-0.39, 0.29) is 34.2 Å². The fraction of sp³-hybridized carbons (Fsp3) is 0.722. The van der Waals surface area contributed by atoms with Gasteiger partial charge in [0.25, 0.3) is 0 Å². The molecule has 3 atom stereocenters. The van der Waals surface area contributed by atoms with Crippen molar-refractivity contribution in [2.24, 2.45) is 11.8 Å². The number of halogens is 3. The zero-order valence-electron chi connectivity index (χ0n) is 17.0. The maximum Gasteiger partial charge on any atom is 0.451 e. The average Bonchev–Trinajstić information content (AvgIpc) is 3.10. The van der Waals surface area contributed by atoms with Crippen molar-refractivity contribution in [3.63, 3.8) is 0 Å². The molecule has 11 heteroatoms. The number of carbonyl (C=O) groups is 1. The van der Waals surface area contributed by atoms with Crippen molar-refractivity contribution in [3.05, 3.63) is 17.2 Å². The van der Waals surface area contributed by atoms with Crippen molar-refractivity contribution in [3.8, 4) is 0 Å². The molecule has 0 N–H and O–H groups in total. The van der Waals surface area contributed by atoms with Gasteiger partial charge in [0, 0.05) is 26.2 Å². The van der Waals surface area contributed by atoms with Crippen LogP contribution in [0.15, 0.2) is 4.90 Å². The monoisotopic (exact) mass is 434 g/mol. The first kappa shape index (κ1) is 22.1. The van der Waals surface area contributed by atoms with Crippen LogP contribution in [-0.2, 0) is 22.3 Å². The minimum atomic E-state index is -4.65. The lowest BCUT2D eigenvalue weighted by molar-refractivity contribution is -0.145. The van der Waals surface area contributed by atoms with Crippen LogP contribution >= 0.6 is 0 Å². The van der Waals surface area contributed by atoms with Gasteiger partial charge in [-0.25, -0.2) is 14.8 Å². The maximum absolute atomic E-state index is 13.1. The van der Waals surface area contributed by atoms with Gasteiger partial charge in [-0.05, 0) is 46.5 Å². The lowest BCUT2D eigenvalue weighted by Crippen LogP contribution is -2.39. The van der Waals surface area contributed by atoms with Crippen LogP contribution in [0.3, 0.4) is 0 Å². The Bertz CT molecular complexity index is 763. The Kier molecular flexibility index (Phi) is 5.78. The number of hydrogen-bond acceptors (Lipinski definition) is 6. The highest BCUT2D eigenvalue weighted by Gasteiger charge is 2.47. The van der Waals surface area contributed by atoms with Gasteiger partial charge in [0.05, 0.1) is 22.7 Å². The zero-order chi connectivity index (χ0) is 21.7. The Hall–Kier alpha value is -1.59. The van der Waals surface area contributed by atoms with Gasteiger partial charge in [-0.3, -0.25) is 0 Å². The van der Waals surface area contributed by atoms with E-state index in [1.54, 1.807) is 9.21 Å². The van der Waals surface area contributed by atoms with E-state index in [0.717, 1.165) is 0 Å². The van der Waals surface area contributed by atoms with Crippen LogP contribution < -0.4 is 0 Å². The zero-order valence-corrected chi connectivity index (χ0v) is 17.9. The smallest absolute Gasteiger partial charge is 0.451 e. The van der Waals surface area contributed by atoms with E-state index in [1.807, 2.05) is 20.8 Å². The summed E-state index contributed by atoms with van der Waals surface area (Å²) >= 11 is -1.66. The summed E-state index contributed by atoms with van der Waals surface area (Å²) in [7, 11) is 0. The molecule has 2 aliphatic rings. The van der Waals surface area contributed by atoms with Gasteiger partial charge in [0.1, 0.15) is 5.60 Å². The summed E-state index contributed by atoms with van der Waals surface area (Å²) in [6.07, 6.45) is -5.01. The van der Waals surface area contributed by atoms with Crippen LogP contribution in [0.5, 0.6) is 0 Å². The molecule has 0 radical (unpaired) electrons. The van der Waals surface area contributed by atoms with Crippen molar-refractivity contribution in [1.82, 2.24) is 19.2 Å². The number of nitrogens with zero attached hydrogens (tertiary/aromatic N) is 4. The summed E-state index contributed by atoms with van der Waals surface area (Å²) < 4.78 is 58.9. The molecule has 3 rings (SSSR count). The molecule has 1 amide bonds. The van der Waals surface area contributed by atoms with Crippen LogP contribution in [0.2, 0.25) is 0 Å². The largest absolute Gasteiger partial charge is 0.593 e. The Morgan fingerprint density at radius 1 is 1.07 bits per heavy atom. The third-order valence-corrected chi connectivity index (χ3v) is 6.68. The van der Waals surface area contributed by atoms with Crippen molar-refractivity contribution in [1.29, 1.82) is 0 Å². The number of ether oxygens (including phenoxy) is 1. The number of hydrogen-bond donors (Lipinski definition) is 0. The Balaban J connectivity index is 1.68. The quantitative estimate of drug-likeness (QED) is 0.666. The summed E-state index contributed by atoms with van der Waals surface area (Å²) in [5, 5.41) is 0. The molecule has 2 aliphatic heterocycles. The van der Waals surface area contributed by atoms with E-state index >= 15 is 0 Å². The molecule has 29 heavy (non-hydrogen) atoms. The van der Waals surface area contributed by atoms with Crippen LogP contribution in [-0.4, -0.2) is 61.6 Å². The molecule has 0 spiro atoms. The van der Waals surface area contributed by atoms with Gasteiger partial charge in [-0.2, -0.15) is 13.2 Å². The SMILES string of the molecule is Cc1nc(C(F)(F)F)nc(C)c1[S+]([O-])N1CC2CN(C(=O)OC(C)(C)C)CC2C1. The molecule has 0 saturated carbocycles. The molecule has 162 valence electrons. The first-order valence-electron chi connectivity index (χ1n) is 9.33. The van der Waals surface area contributed by atoms with Gasteiger partial charge in [0.15, 0.2) is 0 Å². The summed E-state index contributed by atoms with van der Waals surface area (Å²) in [5.41, 5.74) is -0.439. The first-order chi connectivity index (χ1) is 13.3. The predicted octanol–water partition coefficient (Wildman–Crippen LogP) is 2.93. The van der Waals surface area contributed by atoms with Gasteiger partial charge >= 0.3 is 12.3 Å². The summed E-state index contributed by atoms with van der Waals surface area (Å²) in [6, 6.07) is 0. The van der Waals surface area contributed by atoms with E-state index in [9.17, 15) is 22.5 Å². The molecule has 2 fully saturated rings. The third kappa shape index (κ3) is 4.77. The minimum absolute atomic E-state index is 0.0654. The number of aromatic nitrogens is 2. The number of amides is 1. The fourth-order valence-electron chi connectivity index (χ4n) is 3.78. The molecule has 0 aromatic carbocycles. The van der Waals surface area contributed by atoms with Gasteiger partial charge in [0.2, 0.25) is 10.7 Å². The Morgan fingerprint density at radius 2 is 1.55 bits per heavy atom. The maximum atomic E-state index is 13.1. The topological polar surface area (TPSA) is 81.6 Å². The van der Waals surface area contributed by atoms with Crippen molar-refractivity contribution in [2.75, 3.05) is 26.2 Å². The normalized spacial score (nSPS) is 24.0. The summed E-state index contributed by atoms with van der Waals surface area (Å²) in [6.45, 7) is 10.2. The van der Waals surface area contributed by atoms with Crippen LogP contribution in [0.25, 0.3) is 0 Å². The summed E-state index contributed by atoms with van der Waals surface area (Å²) in [4.78, 5) is 21.2. The predicted molar refractivity (Wildman–Crippen MR) is 99.3 cm³/mol. The summed E-state index contributed by atoms with van der Waals surface area (Å²) in [5.74, 6) is -0.940. The molecule has 0 bridgehead atoms. The number of fused-ring (bicyclic) bond motifs is 1. The highest BCUT2D eigenvalue weighted by atomic mass is 32.2. The average molecular weight is 434 g/mol. The van der Waals surface area contributed by atoms with Crippen molar-refractivity contribution >= 4 is 17.5 Å². The van der Waals surface area contributed by atoms with Crippen molar-refractivity contribution < 1.29 is 27.3 Å². The molecule has 0 aliphatic carbocycles. The Morgan fingerprint density at radius 3 is 1.97 bits per heavy atom. The van der Waals surface area contributed by atoms with E-state index in [4.69, 9.17) is 4.74 Å². The molecule has 2 saturated heterocycles. The standard InChI is InChI=1S/C18H25F3N4O3S/c1-10-14(11(2)23-15(22-10)18(19,20)21)29(27)25-8-12-6-24(7-13(12)9-25)16(26)28-17(3,4)5/h12-13H,6-9H2,1-5H3. The number of likely N-dealkylation sites (tertiary alicyclic amines) is 1. The lowest BCUT2D eigenvalue weighted by atomic mass is 10.0.